The fourth-order valence-corrected chi connectivity index (χ4v) is 1.89. The molecule has 1 amide bonds. The molecule has 4 nitrogen and oxygen atoms in total. The summed E-state index contributed by atoms with van der Waals surface area (Å²) < 4.78 is 1.92. The summed E-state index contributed by atoms with van der Waals surface area (Å²) in [5.41, 5.74) is 1.87. The lowest BCUT2D eigenvalue weighted by Crippen LogP contribution is -2.10. The summed E-state index contributed by atoms with van der Waals surface area (Å²) >= 11 is 0. The third-order valence-corrected chi connectivity index (χ3v) is 2.96. The van der Waals surface area contributed by atoms with Gasteiger partial charge >= 0.3 is 0 Å². The van der Waals surface area contributed by atoms with Gasteiger partial charge in [-0.05, 0) is 30.7 Å². The maximum Gasteiger partial charge on any atom is 0.224 e. The average Bonchev–Trinajstić information content (AvgIpc) is 2.94. The zero-order chi connectivity index (χ0) is 13.5. The van der Waals surface area contributed by atoms with E-state index < -0.39 is 0 Å². The van der Waals surface area contributed by atoms with E-state index in [1.54, 1.807) is 12.5 Å². The Balaban J connectivity index is 1.90. The van der Waals surface area contributed by atoms with E-state index in [9.17, 15) is 4.79 Å². The number of rotatable bonds is 6. The summed E-state index contributed by atoms with van der Waals surface area (Å²) in [5, 5.41) is 2.91. The van der Waals surface area contributed by atoms with E-state index in [0.717, 1.165) is 30.6 Å². The lowest BCUT2D eigenvalue weighted by molar-refractivity contribution is -0.116. The van der Waals surface area contributed by atoms with Gasteiger partial charge in [0.25, 0.3) is 0 Å². The van der Waals surface area contributed by atoms with Crippen LogP contribution in [0.4, 0.5) is 5.69 Å². The minimum absolute atomic E-state index is 0.0869. The van der Waals surface area contributed by atoms with E-state index >= 15 is 0 Å². The van der Waals surface area contributed by atoms with Crippen molar-refractivity contribution < 1.29 is 4.79 Å². The van der Waals surface area contributed by atoms with Gasteiger partial charge in [0.15, 0.2) is 0 Å². The standard InChI is InChI=1S/C15H19N3O/c1-2-3-4-5-15(19)17-13-6-8-14(9-7-13)18-11-10-16-12-18/h6-12H,2-5H2,1H3,(H,17,19). The first kappa shape index (κ1) is 13.3. The van der Waals surface area contributed by atoms with Crippen molar-refractivity contribution in [2.45, 2.75) is 32.6 Å². The molecule has 2 aromatic rings. The minimum atomic E-state index is 0.0869. The molecule has 0 saturated carbocycles. The summed E-state index contributed by atoms with van der Waals surface area (Å²) in [7, 11) is 0. The van der Waals surface area contributed by atoms with Gasteiger partial charge in [0, 0.05) is 30.2 Å². The molecule has 0 spiro atoms. The van der Waals surface area contributed by atoms with Crippen LogP contribution in [0.3, 0.4) is 0 Å². The van der Waals surface area contributed by atoms with Crippen molar-refractivity contribution in [3.05, 3.63) is 43.0 Å². The number of carbonyl (C=O) groups is 1. The van der Waals surface area contributed by atoms with Crippen LogP contribution in [-0.2, 0) is 4.79 Å². The predicted octanol–water partition coefficient (Wildman–Crippen LogP) is 3.39. The van der Waals surface area contributed by atoms with Crippen molar-refractivity contribution in [1.29, 1.82) is 0 Å². The van der Waals surface area contributed by atoms with Crippen LogP contribution in [0, 0.1) is 0 Å². The second kappa shape index (κ2) is 6.73. The molecule has 1 heterocycles. The van der Waals surface area contributed by atoms with Crippen LogP contribution in [0.1, 0.15) is 32.6 Å². The SMILES string of the molecule is CCCCCC(=O)Nc1ccc(-n2ccnc2)cc1. The normalized spacial score (nSPS) is 10.4. The first-order valence-corrected chi connectivity index (χ1v) is 6.68. The molecule has 4 heteroatoms. The number of hydrogen-bond acceptors (Lipinski definition) is 2. The van der Waals surface area contributed by atoms with E-state index in [0.29, 0.717) is 6.42 Å². The highest BCUT2D eigenvalue weighted by Crippen LogP contribution is 2.13. The van der Waals surface area contributed by atoms with Crippen molar-refractivity contribution in [3.63, 3.8) is 0 Å². The maximum absolute atomic E-state index is 11.7. The highest BCUT2D eigenvalue weighted by Gasteiger charge is 2.02. The Morgan fingerprint density at radius 2 is 2.05 bits per heavy atom. The number of amides is 1. The zero-order valence-corrected chi connectivity index (χ0v) is 11.2. The quantitative estimate of drug-likeness (QED) is 0.806. The van der Waals surface area contributed by atoms with Crippen LogP contribution >= 0.6 is 0 Å². The van der Waals surface area contributed by atoms with E-state index in [1.165, 1.54) is 0 Å². The fraction of sp³-hybridized carbons (Fsp3) is 0.333. The fourth-order valence-electron chi connectivity index (χ4n) is 1.89. The summed E-state index contributed by atoms with van der Waals surface area (Å²) in [6, 6.07) is 7.74. The largest absolute Gasteiger partial charge is 0.326 e. The lowest BCUT2D eigenvalue weighted by atomic mass is 10.2. The molecule has 0 aliphatic carbocycles. The molecule has 0 unspecified atom stereocenters. The Hall–Kier alpha value is -2.10. The first-order chi connectivity index (χ1) is 9.29. The Labute approximate surface area is 113 Å². The van der Waals surface area contributed by atoms with Gasteiger partial charge in [-0.25, -0.2) is 4.98 Å². The monoisotopic (exact) mass is 257 g/mol. The molecule has 0 fully saturated rings. The topological polar surface area (TPSA) is 46.9 Å². The Morgan fingerprint density at radius 1 is 1.26 bits per heavy atom. The van der Waals surface area contributed by atoms with Crippen LogP contribution in [0.2, 0.25) is 0 Å². The van der Waals surface area contributed by atoms with E-state index in [4.69, 9.17) is 0 Å². The van der Waals surface area contributed by atoms with Crippen molar-refractivity contribution in [3.8, 4) is 5.69 Å². The minimum Gasteiger partial charge on any atom is -0.326 e. The first-order valence-electron chi connectivity index (χ1n) is 6.68. The summed E-state index contributed by atoms with van der Waals surface area (Å²) in [4.78, 5) is 15.7. The Kier molecular flexibility index (Phi) is 4.72. The predicted molar refractivity (Wildman–Crippen MR) is 76.3 cm³/mol. The molecule has 0 aliphatic heterocycles. The van der Waals surface area contributed by atoms with Crippen LogP contribution in [0.5, 0.6) is 0 Å². The number of hydrogen-bond donors (Lipinski definition) is 1. The molecular formula is C15H19N3O. The number of nitrogens with one attached hydrogen (secondary N) is 1. The van der Waals surface area contributed by atoms with E-state index in [2.05, 4.69) is 17.2 Å². The lowest BCUT2D eigenvalue weighted by Gasteiger charge is -2.07. The molecule has 0 aliphatic rings. The molecule has 2 rings (SSSR count). The second-order valence-electron chi connectivity index (χ2n) is 4.52. The number of nitrogens with zero attached hydrogens (tertiary/aromatic N) is 2. The average molecular weight is 257 g/mol. The van der Waals surface area contributed by atoms with Gasteiger partial charge in [-0.1, -0.05) is 19.8 Å². The number of aromatic nitrogens is 2. The molecule has 1 aromatic heterocycles. The molecule has 0 bridgehead atoms. The highest BCUT2D eigenvalue weighted by molar-refractivity contribution is 5.90. The summed E-state index contributed by atoms with van der Waals surface area (Å²) in [5.74, 6) is 0.0869. The molecule has 0 atom stereocenters. The van der Waals surface area contributed by atoms with Gasteiger partial charge in [0.1, 0.15) is 0 Å². The third-order valence-electron chi connectivity index (χ3n) is 2.96. The van der Waals surface area contributed by atoms with Crippen LogP contribution in [0.15, 0.2) is 43.0 Å². The number of imidazole rings is 1. The Bertz CT molecular complexity index is 503. The molecule has 1 N–H and O–H groups in total. The smallest absolute Gasteiger partial charge is 0.224 e. The molecule has 0 saturated heterocycles. The number of anilines is 1. The third kappa shape index (κ3) is 3.95. The Morgan fingerprint density at radius 3 is 2.68 bits per heavy atom. The number of unbranched alkanes of at least 4 members (excludes halogenated alkanes) is 2. The van der Waals surface area contributed by atoms with Gasteiger partial charge in [0.2, 0.25) is 5.91 Å². The van der Waals surface area contributed by atoms with Gasteiger partial charge in [-0.2, -0.15) is 0 Å². The van der Waals surface area contributed by atoms with E-state index in [1.807, 2.05) is 35.0 Å². The van der Waals surface area contributed by atoms with Gasteiger partial charge in [-0.3, -0.25) is 4.79 Å². The summed E-state index contributed by atoms with van der Waals surface area (Å²) in [6.07, 6.45) is 9.16. The van der Waals surface area contributed by atoms with Crippen LogP contribution < -0.4 is 5.32 Å². The van der Waals surface area contributed by atoms with E-state index in [-0.39, 0.29) is 5.91 Å². The molecule has 1 aromatic carbocycles. The molecule has 0 radical (unpaired) electrons. The van der Waals surface area contributed by atoms with Crippen LogP contribution in [0.25, 0.3) is 5.69 Å². The molecule has 19 heavy (non-hydrogen) atoms. The van der Waals surface area contributed by atoms with Crippen molar-refractivity contribution in [2.24, 2.45) is 0 Å². The highest BCUT2D eigenvalue weighted by atomic mass is 16.1. The number of carbonyl (C=O) groups excluding carboxylic acids is 1. The summed E-state index contributed by atoms with van der Waals surface area (Å²) in [6.45, 7) is 2.13. The van der Waals surface area contributed by atoms with Gasteiger partial charge < -0.3 is 9.88 Å². The van der Waals surface area contributed by atoms with Crippen molar-refractivity contribution in [2.75, 3.05) is 5.32 Å². The molecular weight excluding hydrogens is 238 g/mol. The van der Waals surface area contributed by atoms with Gasteiger partial charge in [-0.15, -0.1) is 0 Å². The maximum atomic E-state index is 11.7. The molecule has 100 valence electrons. The van der Waals surface area contributed by atoms with Crippen molar-refractivity contribution in [1.82, 2.24) is 9.55 Å². The second-order valence-corrected chi connectivity index (χ2v) is 4.52. The van der Waals surface area contributed by atoms with Crippen molar-refractivity contribution >= 4 is 11.6 Å². The zero-order valence-electron chi connectivity index (χ0n) is 11.2. The number of benzene rings is 1. The van der Waals surface area contributed by atoms with Gasteiger partial charge in [0.05, 0.1) is 6.33 Å². The van der Waals surface area contributed by atoms with Crippen LogP contribution in [-0.4, -0.2) is 15.5 Å².